The molecule has 0 unspecified atom stereocenters. The minimum atomic E-state index is -0.360. The third-order valence-corrected chi connectivity index (χ3v) is 5.13. The molecule has 0 spiro atoms. The Morgan fingerprint density at radius 3 is 2.86 bits per heavy atom. The number of nitrogens with zero attached hydrogens (tertiary/aromatic N) is 5. The Morgan fingerprint density at radius 2 is 2.07 bits per heavy atom. The quantitative estimate of drug-likeness (QED) is 0.463. The molecule has 0 saturated carbocycles. The Bertz CT molecular complexity index is 1330. The van der Waals surface area contributed by atoms with Crippen LogP contribution in [0.3, 0.4) is 0 Å². The molecule has 0 radical (unpaired) electrons. The number of aromatic nitrogens is 7. The maximum atomic E-state index is 13.3. The van der Waals surface area contributed by atoms with Crippen LogP contribution < -0.4 is 0 Å². The van der Waals surface area contributed by atoms with Gasteiger partial charge in [-0.15, -0.1) is 0 Å². The van der Waals surface area contributed by atoms with Gasteiger partial charge in [-0.05, 0) is 24.6 Å². The summed E-state index contributed by atoms with van der Waals surface area (Å²) in [5.74, 6) is -0.360. The van der Waals surface area contributed by atoms with E-state index in [4.69, 9.17) is 16.6 Å². The van der Waals surface area contributed by atoms with Crippen molar-refractivity contribution in [3.63, 3.8) is 0 Å². The number of nitrogens with one attached hydrogen (secondary N) is 2. The average molecular weight is 408 g/mol. The van der Waals surface area contributed by atoms with E-state index in [1.54, 1.807) is 29.3 Å². The minimum Gasteiger partial charge on any atom is -0.344 e. The summed E-state index contributed by atoms with van der Waals surface area (Å²) in [5, 5.41) is 11.8. The van der Waals surface area contributed by atoms with Gasteiger partial charge in [-0.3, -0.25) is 9.78 Å². The molecule has 5 aromatic rings. The van der Waals surface area contributed by atoms with E-state index < -0.39 is 0 Å². The third kappa shape index (κ3) is 3.17. The van der Waals surface area contributed by atoms with Crippen molar-refractivity contribution >= 4 is 22.8 Å². The first-order valence-corrected chi connectivity index (χ1v) is 9.27. The van der Waals surface area contributed by atoms with Crippen LogP contribution in [0.2, 0.25) is 5.02 Å². The first-order valence-electron chi connectivity index (χ1n) is 8.90. The molecule has 2 N–H and O–H groups in total. The molecule has 144 valence electrons. The highest BCUT2D eigenvalue weighted by Gasteiger charge is 2.14. The summed E-state index contributed by atoms with van der Waals surface area (Å²) in [5.41, 5.74) is 6.61. The van der Waals surface area contributed by atoms with E-state index in [0.29, 0.717) is 17.2 Å². The van der Waals surface area contributed by atoms with E-state index in [-0.39, 0.29) is 5.82 Å². The van der Waals surface area contributed by atoms with Crippen LogP contribution in [0.5, 0.6) is 0 Å². The molecule has 7 nitrogen and oxygen atoms in total. The third-order valence-electron chi connectivity index (χ3n) is 4.78. The number of H-pyrrole nitrogens is 2. The number of hydrogen-bond donors (Lipinski definition) is 2. The van der Waals surface area contributed by atoms with Crippen molar-refractivity contribution in [3.05, 3.63) is 71.3 Å². The zero-order valence-electron chi connectivity index (χ0n) is 15.3. The second kappa shape index (κ2) is 6.82. The fourth-order valence-corrected chi connectivity index (χ4v) is 3.49. The lowest BCUT2D eigenvalue weighted by atomic mass is 10.1. The summed E-state index contributed by atoms with van der Waals surface area (Å²) >= 11 is 6.13. The first kappa shape index (κ1) is 17.6. The molecular weight excluding hydrogens is 393 g/mol. The Balaban J connectivity index is 1.50. The molecule has 29 heavy (non-hydrogen) atoms. The number of benzene rings is 1. The Morgan fingerprint density at radius 1 is 1.17 bits per heavy atom. The van der Waals surface area contributed by atoms with Gasteiger partial charge in [0.15, 0.2) is 5.65 Å². The molecule has 0 aliphatic carbocycles. The predicted molar refractivity (Wildman–Crippen MR) is 108 cm³/mol. The summed E-state index contributed by atoms with van der Waals surface area (Å²) in [6, 6.07) is 4.35. The number of aromatic amines is 2. The topological polar surface area (TPSA) is 88.1 Å². The van der Waals surface area contributed by atoms with Crippen LogP contribution in [0.25, 0.3) is 33.5 Å². The summed E-state index contributed by atoms with van der Waals surface area (Å²) in [6.07, 6.45) is 8.99. The van der Waals surface area contributed by atoms with Gasteiger partial charge in [0.1, 0.15) is 11.3 Å². The van der Waals surface area contributed by atoms with Gasteiger partial charge in [0.2, 0.25) is 0 Å². The normalized spacial score (nSPS) is 11.4. The van der Waals surface area contributed by atoms with Crippen molar-refractivity contribution in [3.8, 4) is 22.4 Å². The fraction of sp³-hybridized carbons (Fsp3) is 0.100. The molecule has 0 fully saturated rings. The van der Waals surface area contributed by atoms with Crippen molar-refractivity contribution in [2.24, 2.45) is 0 Å². The highest BCUT2D eigenvalue weighted by Crippen LogP contribution is 2.29. The molecule has 0 aliphatic rings. The molecule has 9 heteroatoms. The molecule has 4 aromatic heterocycles. The fourth-order valence-electron chi connectivity index (χ4n) is 3.26. The van der Waals surface area contributed by atoms with Gasteiger partial charge in [-0.1, -0.05) is 17.7 Å². The number of hydrogen-bond acceptors (Lipinski definition) is 4. The Hall–Kier alpha value is -3.52. The van der Waals surface area contributed by atoms with Crippen molar-refractivity contribution in [1.82, 2.24) is 34.9 Å². The highest BCUT2D eigenvalue weighted by molar-refractivity contribution is 6.31. The van der Waals surface area contributed by atoms with Crippen molar-refractivity contribution in [1.29, 1.82) is 0 Å². The van der Waals surface area contributed by atoms with Crippen LogP contribution in [0, 0.1) is 12.7 Å². The van der Waals surface area contributed by atoms with Gasteiger partial charge < -0.3 is 4.98 Å². The average Bonchev–Trinajstić information content (AvgIpc) is 3.42. The van der Waals surface area contributed by atoms with Gasteiger partial charge in [0.25, 0.3) is 0 Å². The van der Waals surface area contributed by atoms with Gasteiger partial charge >= 0.3 is 0 Å². The van der Waals surface area contributed by atoms with E-state index >= 15 is 0 Å². The highest BCUT2D eigenvalue weighted by atomic mass is 35.5. The number of rotatable bonds is 4. The molecule has 0 aliphatic heterocycles. The zero-order valence-corrected chi connectivity index (χ0v) is 16.1. The standard InChI is InChI=1S/C20H15ClFN7/c1-11-15(7-25-28-11)18-8-24-20-19(27-18)16(6-23-20)13-5-26-29(10-13)9-12-2-3-14(22)4-17(12)21/h2-8,10H,9H2,1H3,(H,23,24)(H,25,28). The summed E-state index contributed by atoms with van der Waals surface area (Å²) < 4.78 is 15.0. The number of halogens is 2. The van der Waals surface area contributed by atoms with E-state index in [0.717, 1.165) is 39.2 Å². The lowest BCUT2D eigenvalue weighted by Crippen LogP contribution is -2.00. The predicted octanol–water partition coefficient (Wildman–Crippen LogP) is 4.36. The van der Waals surface area contributed by atoms with Crippen molar-refractivity contribution < 1.29 is 4.39 Å². The van der Waals surface area contributed by atoms with Gasteiger partial charge in [0, 0.05) is 39.8 Å². The lowest BCUT2D eigenvalue weighted by Gasteiger charge is -2.04. The molecule has 0 bridgehead atoms. The largest absolute Gasteiger partial charge is 0.344 e. The van der Waals surface area contributed by atoms with Crippen LogP contribution in [0.1, 0.15) is 11.3 Å². The van der Waals surface area contributed by atoms with Gasteiger partial charge in [0.05, 0.1) is 30.8 Å². The zero-order chi connectivity index (χ0) is 20.0. The smallest absolute Gasteiger partial charge is 0.156 e. The lowest BCUT2D eigenvalue weighted by molar-refractivity contribution is 0.624. The summed E-state index contributed by atoms with van der Waals surface area (Å²) in [7, 11) is 0. The molecule has 5 rings (SSSR count). The van der Waals surface area contributed by atoms with E-state index in [2.05, 4.69) is 25.3 Å². The molecule has 4 heterocycles. The summed E-state index contributed by atoms with van der Waals surface area (Å²) in [6.45, 7) is 2.38. The minimum absolute atomic E-state index is 0.360. The van der Waals surface area contributed by atoms with E-state index in [9.17, 15) is 4.39 Å². The number of aryl methyl sites for hydroxylation is 1. The molecule has 0 atom stereocenters. The van der Waals surface area contributed by atoms with Crippen LogP contribution >= 0.6 is 11.6 Å². The van der Waals surface area contributed by atoms with Gasteiger partial charge in [-0.2, -0.15) is 10.2 Å². The van der Waals surface area contributed by atoms with Crippen LogP contribution in [0.15, 0.2) is 49.2 Å². The number of fused-ring (bicyclic) bond motifs is 1. The van der Waals surface area contributed by atoms with E-state index in [1.807, 2.05) is 19.3 Å². The van der Waals surface area contributed by atoms with Crippen molar-refractivity contribution in [2.45, 2.75) is 13.5 Å². The molecule has 1 aromatic carbocycles. The molecule has 0 saturated heterocycles. The SMILES string of the molecule is Cc1[nH]ncc1-c1cnc2[nH]cc(-c3cnn(Cc4ccc(F)cc4Cl)c3)c2n1. The molecule has 0 amide bonds. The maximum absolute atomic E-state index is 13.3. The first-order chi connectivity index (χ1) is 14.1. The summed E-state index contributed by atoms with van der Waals surface area (Å²) in [4.78, 5) is 12.4. The van der Waals surface area contributed by atoms with E-state index in [1.165, 1.54) is 12.1 Å². The monoisotopic (exact) mass is 407 g/mol. The maximum Gasteiger partial charge on any atom is 0.156 e. The van der Waals surface area contributed by atoms with Crippen LogP contribution in [-0.4, -0.2) is 34.9 Å². The van der Waals surface area contributed by atoms with Crippen LogP contribution in [-0.2, 0) is 6.54 Å². The van der Waals surface area contributed by atoms with Crippen molar-refractivity contribution in [2.75, 3.05) is 0 Å². The Labute approximate surface area is 169 Å². The van der Waals surface area contributed by atoms with Crippen LogP contribution in [0.4, 0.5) is 4.39 Å². The van der Waals surface area contributed by atoms with Gasteiger partial charge in [-0.25, -0.2) is 14.4 Å². The second-order valence-corrected chi connectivity index (χ2v) is 7.13. The molecular formula is C20H15ClFN7. The second-order valence-electron chi connectivity index (χ2n) is 6.73. The Kier molecular flexibility index (Phi) is 4.13.